The summed E-state index contributed by atoms with van der Waals surface area (Å²) in [7, 11) is 0. The van der Waals surface area contributed by atoms with E-state index in [2.05, 4.69) is 0 Å². The number of imide groups is 3. The van der Waals surface area contributed by atoms with Gasteiger partial charge in [-0.2, -0.15) is 4.90 Å². The molecule has 0 aromatic heterocycles. The second-order valence-corrected chi connectivity index (χ2v) is 8.22. The number of rotatable bonds is 4. The maximum atomic E-state index is 13.1. The first-order valence-corrected chi connectivity index (χ1v) is 9.99. The number of Topliss-reactive ketones (excluding diaryl/α,β-unsaturated/α-hetero) is 1. The molecule has 0 unspecified atom stereocenters. The van der Waals surface area contributed by atoms with Gasteiger partial charge in [-0.1, -0.05) is 60.2 Å². The maximum absolute atomic E-state index is 13.1. The lowest BCUT2D eigenvalue weighted by Crippen LogP contribution is -2.46. The standard InChI is InChI=1S/C25H22N2O4/c1-16-8-10-18(11-9-16)21(28)15-26-24(31)27(23(30)25(26,2)3)22(29)20-13-12-17-6-4-5-7-19(17)14-20/h4-14H,15H2,1-3H3. The Hall–Kier alpha value is -3.80. The summed E-state index contributed by atoms with van der Waals surface area (Å²) < 4.78 is 0. The van der Waals surface area contributed by atoms with E-state index in [4.69, 9.17) is 0 Å². The van der Waals surface area contributed by atoms with Gasteiger partial charge in [0.25, 0.3) is 11.8 Å². The van der Waals surface area contributed by atoms with Crippen molar-refractivity contribution in [1.82, 2.24) is 9.80 Å². The van der Waals surface area contributed by atoms with E-state index in [1.165, 1.54) is 0 Å². The van der Waals surface area contributed by atoms with Gasteiger partial charge >= 0.3 is 6.03 Å². The van der Waals surface area contributed by atoms with Crippen molar-refractivity contribution in [3.05, 3.63) is 83.4 Å². The van der Waals surface area contributed by atoms with Crippen molar-refractivity contribution in [2.24, 2.45) is 0 Å². The van der Waals surface area contributed by atoms with Crippen LogP contribution in [0.15, 0.2) is 66.7 Å². The van der Waals surface area contributed by atoms with Gasteiger partial charge in [0.1, 0.15) is 5.54 Å². The lowest BCUT2D eigenvalue weighted by molar-refractivity contribution is -0.130. The highest BCUT2D eigenvalue weighted by Gasteiger charge is 2.54. The monoisotopic (exact) mass is 414 g/mol. The lowest BCUT2D eigenvalue weighted by atomic mass is 10.0. The Labute approximate surface area is 180 Å². The number of hydrogen-bond acceptors (Lipinski definition) is 4. The van der Waals surface area contributed by atoms with Crippen LogP contribution in [0.1, 0.15) is 40.1 Å². The van der Waals surface area contributed by atoms with E-state index in [0.29, 0.717) is 10.5 Å². The van der Waals surface area contributed by atoms with Gasteiger partial charge in [0.05, 0.1) is 6.54 Å². The van der Waals surface area contributed by atoms with Crippen molar-refractivity contribution < 1.29 is 19.2 Å². The first-order valence-electron chi connectivity index (χ1n) is 9.99. The van der Waals surface area contributed by atoms with E-state index in [1.807, 2.05) is 43.3 Å². The largest absolute Gasteiger partial charge is 0.335 e. The third-order valence-corrected chi connectivity index (χ3v) is 5.70. The summed E-state index contributed by atoms with van der Waals surface area (Å²) in [5.41, 5.74) is 0.379. The SMILES string of the molecule is Cc1ccc(C(=O)CN2C(=O)N(C(=O)c3ccc4ccccc4c3)C(=O)C2(C)C)cc1. The molecule has 156 valence electrons. The molecule has 4 rings (SSSR count). The maximum Gasteiger partial charge on any atom is 0.335 e. The molecular formula is C25H22N2O4. The van der Waals surface area contributed by atoms with Crippen molar-refractivity contribution in [3.8, 4) is 0 Å². The van der Waals surface area contributed by atoms with Gasteiger partial charge in [-0.05, 0) is 43.7 Å². The number of nitrogens with zero attached hydrogens (tertiary/aromatic N) is 2. The molecular weight excluding hydrogens is 392 g/mol. The number of benzene rings is 3. The normalized spacial score (nSPS) is 15.6. The van der Waals surface area contributed by atoms with E-state index in [-0.39, 0.29) is 17.9 Å². The molecule has 31 heavy (non-hydrogen) atoms. The third kappa shape index (κ3) is 3.50. The predicted molar refractivity (Wildman–Crippen MR) is 117 cm³/mol. The Balaban J connectivity index is 1.62. The van der Waals surface area contributed by atoms with Gasteiger partial charge in [0.15, 0.2) is 5.78 Å². The highest BCUT2D eigenvalue weighted by Crippen LogP contribution is 2.30. The Morgan fingerprint density at radius 3 is 2.13 bits per heavy atom. The first kappa shape index (κ1) is 20.5. The Morgan fingerprint density at radius 1 is 0.839 bits per heavy atom. The summed E-state index contributed by atoms with van der Waals surface area (Å²) in [5, 5.41) is 1.78. The molecule has 1 fully saturated rings. The fourth-order valence-electron chi connectivity index (χ4n) is 3.71. The van der Waals surface area contributed by atoms with E-state index in [1.54, 1.807) is 44.2 Å². The topological polar surface area (TPSA) is 74.8 Å². The van der Waals surface area contributed by atoms with Crippen molar-refractivity contribution >= 4 is 34.4 Å². The van der Waals surface area contributed by atoms with Crippen LogP contribution >= 0.6 is 0 Å². The Morgan fingerprint density at radius 2 is 1.45 bits per heavy atom. The zero-order chi connectivity index (χ0) is 22.3. The highest BCUT2D eigenvalue weighted by atomic mass is 16.2. The molecule has 3 aromatic carbocycles. The average molecular weight is 414 g/mol. The predicted octanol–water partition coefficient (Wildman–Crippen LogP) is 4.21. The molecule has 0 atom stereocenters. The minimum atomic E-state index is -1.32. The lowest BCUT2D eigenvalue weighted by Gasteiger charge is -2.26. The van der Waals surface area contributed by atoms with Crippen molar-refractivity contribution in [3.63, 3.8) is 0 Å². The quantitative estimate of drug-likeness (QED) is 0.364. The molecule has 4 amide bonds. The molecule has 6 nitrogen and oxygen atoms in total. The summed E-state index contributed by atoms with van der Waals surface area (Å²) in [6, 6.07) is 18.8. The van der Waals surface area contributed by atoms with E-state index in [9.17, 15) is 19.2 Å². The van der Waals surface area contributed by atoms with Crippen LogP contribution < -0.4 is 0 Å². The number of urea groups is 1. The molecule has 6 heteroatoms. The number of fused-ring (bicyclic) bond motifs is 1. The number of hydrogen-bond donors (Lipinski definition) is 0. The molecule has 0 N–H and O–H groups in total. The van der Waals surface area contributed by atoms with E-state index < -0.39 is 23.4 Å². The second-order valence-electron chi connectivity index (χ2n) is 8.22. The van der Waals surface area contributed by atoms with Crippen LogP contribution in [0.3, 0.4) is 0 Å². The zero-order valence-electron chi connectivity index (χ0n) is 17.6. The van der Waals surface area contributed by atoms with Gasteiger partial charge in [-0.15, -0.1) is 0 Å². The van der Waals surface area contributed by atoms with Gasteiger partial charge < -0.3 is 4.90 Å². The molecule has 1 aliphatic rings. The van der Waals surface area contributed by atoms with Crippen molar-refractivity contribution in [2.45, 2.75) is 26.3 Å². The second kappa shape index (κ2) is 7.47. The van der Waals surface area contributed by atoms with Crippen LogP contribution in [-0.2, 0) is 4.79 Å². The third-order valence-electron chi connectivity index (χ3n) is 5.70. The molecule has 3 aromatic rings. The molecule has 1 aliphatic heterocycles. The molecule has 0 aliphatic carbocycles. The van der Waals surface area contributed by atoms with Crippen molar-refractivity contribution in [1.29, 1.82) is 0 Å². The number of carbonyl (C=O) groups is 4. The fraction of sp³-hybridized carbons (Fsp3) is 0.200. The molecule has 0 radical (unpaired) electrons. The first-order chi connectivity index (χ1) is 14.7. The summed E-state index contributed by atoms with van der Waals surface area (Å²) >= 11 is 0. The van der Waals surface area contributed by atoms with Gasteiger partial charge in [0.2, 0.25) is 0 Å². The van der Waals surface area contributed by atoms with Gasteiger partial charge in [-0.25, -0.2) is 4.79 Å². The Bertz CT molecular complexity index is 1230. The minimum Gasteiger partial charge on any atom is -0.302 e. The van der Waals surface area contributed by atoms with E-state index in [0.717, 1.165) is 21.2 Å². The summed E-state index contributed by atoms with van der Waals surface area (Å²) in [5.74, 6) is -1.64. The zero-order valence-corrected chi connectivity index (χ0v) is 17.6. The molecule has 0 bridgehead atoms. The fourth-order valence-corrected chi connectivity index (χ4v) is 3.71. The molecule has 0 spiro atoms. The number of aryl methyl sites for hydroxylation is 1. The molecule has 0 saturated carbocycles. The van der Waals surface area contributed by atoms with Crippen LogP contribution in [0.25, 0.3) is 10.8 Å². The van der Waals surface area contributed by atoms with Gasteiger partial charge in [0, 0.05) is 11.1 Å². The van der Waals surface area contributed by atoms with Gasteiger partial charge in [-0.3, -0.25) is 14.4 Å². The Kier molecular flexibility index (Phi) is 4.93. The van der Waals surface area contributed by atoms with Crippen LogP contribution in [0.4, 0.5) is 4.79 Å². The highest BCUT2D eigenvalue weighted by molar-refractivity contribution is 6.23. The van der Waals surface area contributed by atoms with Crippen molar-refractivity contribution in [2.75, 3.05) is 6.54 Å². The molecule has 1 saturated heterocycles. The number of ketones is 1. The smallest absolute Gasteiger partial charge is 0.302 e. The number of carbonyl (C=O) groups excluding carboxylic acids is 4. The van der Waals surface area contributed by atoms with Crippen LogP contribution in [0.2, 0.25) is 0 Å². The van der Waals surface area contributed by atoms with E-state index >= 15 is 0 Å². The average Bonchev–Trinajstić information content (AvgIpc) is 2.92. The van der Waals surface area contributed by atoms with Crippen LogP contribution in [0, 0.1) is 6.92 Å². The molecule has 1 heterocycles. The summed E-state index contributed by atoms with van der Waals surface area (Å²) in [6.45, 7) is 4.71. The summed E-state index contributed by atoms with van der Waals surface area (Å²) in [4.78, 5) is 53.8. The van der Waals surface area contributed by atoms with Crippen LogP contribution in [0.5, 0.6) is 0 Å². The summed E-state index contributed by atoms with van der Waals surface area (Å²) in [6.07, 6.45) is 0. The van der Waals surface area contributed by atoms with Crippen LogP contribution in [-0.4, -0.2) is 45.5 Å². The minimum absolute atomic E-state index is 0.239. The number of amides is 4.